The predicted molar refractivity (Wildman–Crippen MR) is 52.7 cm³/mol. The van der Waals surface area contributed by atoms with Crippen molar-refractivity contribution in [2.24, 2.45) is 0 Å². The van der Waals surface area contributed by atoms with Gasteiger partial charge >= 0.3 is 16.5 Å². The molecule has 0 radical (unpaired) electrons. The van der Waals surface area contributed by atoms with Gasteiger partial charge in [-0.1, -0.05) is 0 Å². The monoisotopic (exact) mass is 260 g/mol. The largest absolute Gasteiger partial charge is 0.748 e. The fraction of sp³-hybridized carbons (Fsp3) is 0.833. The van der Waals surface area contributed by atoms with Crippen molar-refractivity contribution in [1.82, 2.24) is 0 Å². The third-order valence-electron chi connectivity index (χ3n) is 0.485. The maximum Gasteiger partial charge on any atom is 0.748 e. The smallest absolute Gasteiger partial charge is 0.481 e. The van der Waals surface area contributed by atoms with Crippen LogP contribution in [0, 0.1) is 0 Å². The Labute approximate surface area is 89.3 Å². The minimum absolute atomic E-state index is 0.640. The zero-order valence-corrected chi connectivity index (χ0v) is 10.6. The summed E-state index contributed by atoms with van der Waals surface area (Å²) in [4.78, 5) is 17.1. The molecule has 0 saturated heterocycles. The molecule has 0 spiro atoms. The molecular formula is C6H14O7P2+2. The second-order valence-corrected chi connectivity index (χ2v) is 5.02. The molecule has 0 fully saturated rings. The molecule has 0 aromatic rings. The van der Waals surface area contributed by atoms with Gasteiger partial charge < -0.3 is 5.11 Å². The minimum atomic E-state index is -2.85. The van der Waals surface area contributed by atoms with Crippen molar-refractivity contribution < 1.29 is 32.8 Å². The molecule has 0 aromatic carbocycles. The van der Waals surface area contributed by atoms with Gasteiger partial charge in [0.2, 0.25) is 0 Å². The van der Waals surface area contributed by atoms with Crippen LogP contribution in [0.15, 0.2) is 0 Å². The molecule has 2 unspecified atom stereocenters. The molecule has 0 heterocycles. The van der Waals surface area contributed by atoms with Gasteiger partial charge in [0.1, 0.15) is 5.60 Å². The molecule has 9 heteroatoms. The van der Waals surface area contributed by atoms with Crippen LogP contribution in [0.2, 0.25) is 0 Å². The molecule has 2 atom stereocenters. The summed E-state index contributed by atoms with van der Waals surface area (Å²) in [5.41, 5.74) is -0.640. The van der Waals surface area contributed by atoms with Crippen LogP contribution in [0.4, 0.5) is 0 Å². The average Bonchev–Trinajstić information content (AvgIpc) is 1.76. The molecule has 15 heavy (non-hydrogen) atoms. The molecule has 0 aliphatic carbocycles. The fourth-order valence-corrected chi connectivity index (χ4v) is 1.33. The van der Waals surface area contributed by atoms with Crippen molar-refractivity contribution in [3.05, 3.63) is 0 Å². The van der Waals surface area contributed by atoms with Crippen molar-refractivity contribution in [2.45, 2.75) is 33.3 Å². The number of aliphatic carboxylic acids is 1. The second kappa shape index (κ2) is 7.79. The van der Waals surface area contributed by atoms with Crippen LogP contribution in [0.3, 0.4) is 0 Å². The molecule has 0 aliphatic heterocycles. The Morgan fingerprint density at radius 1 is 1.27 bits per heavy atom. The number of carboxylic acids is 1. The molecule has 0 rings (SSSR count). The minimum Gasteiger partial charge on any atom is -0.481 e. The Morgan fingerprint density at radius 3 is 1.80 bits per heavy atom. The Hall–Kier alpha value is -0.450. The number of carbonyl (C=O) groups is 1. The van der Waals surface area contributed by atoms with E-state index in [9.17, 15) is 9.13 Å². The summed E-state index contributed by atoms with van der Waals surface area (Å²) in [6.45, 7) is 6.07. The summed E-state index contributed by atoms with van der Waals surface area (Å²) in [6.07, 6.45) is 0. The van der Waals surface area contributed by atoms with Crippen LogP contribution in [0.1, 0.15) is 27.7 Å². The van der Waals surface area contributed by atoms with Crippen LogP contribution in [0.25, 0.3) is 0 Å². The van der Waals surface area contributed by atoms with Gasteiger partial charge in [-0.3, -0.25) is 4.79 Å². The highest BCUT2D eigenvalue weighted by molar-refractivity contribution is 7.47. The first-order chi connectivity index (χ1) is 6.54. The lowest BCUT2D eigenvalue weighted by Crippen LogP contribution is -2.14. The van der Waals surface area contributed by atoms with E-state index >= 15 is 0 Å². The van der Waals surface area contributed by atoms with E-state index in [0.717, 1.165) is 6.92 Å². The summed E-state index contributed by atoms with van der Waals surface area (Å²) in [7, 11) is -5.34. The van der Waals surface area contributed by atoms with Gasteiger partial charge in [0, 0.05) is 16.1 Å². The number of hydrogen-bond donors (Lipinski definition) is 2. The van der Waals surface area contributed by atoms with Gasteiger partial charge in [-0.05, 0) is 20.8 Å². The topological polar surface area (TPSA) is 110 Å². The number of hydrogen-bond acceptors (Lipinski definition) is 5. The van der Waals surface area contributed by atoms with Crippen LogP contribution in [0.5, 0.6) is 0 Å². The van der Waals surface area contributed by atoms with Gasteiger partial charge in [-0.15, -0.1) is 9.42 Å². The van der Waals surface area contributed by atoms with Crippen LogP contribution in [-0.4, -0.2) is 21.6 Å². The SMILES string of the molecule is CC(=O)O.CC(C)(C)O[P+](=O)O[P+](=O)O. The van der Waals surface area contributed by atoms with Crippen LogP contribution in [-0.2, 0) is 22.8 Å². The Morgan fingerprint density at radius 2 is 1.60 bits per heavy atom. The Balaban J connectivity index is 0. The standard InChI is InChI=1S/C4H9O5P2.C2H4O2/c1-4(2,3)8-11(7)9-10(5)6;1-2(3)4/h1-3H3;1H3,(H,3,4)/q+1;/p+1. The Bertz CT molecular complexity index is 240. The van der Waals surface area contributed by atoms with E-state index in [-0.39, 0.29) is 0 Å². The highest BCUT2D eigenvalue weighted by atomic mass is 31.2. The maximum atomic E-state index is 10.6. The zero-order chi connectivity index (χ0) is 12.6. The van der Waals surface area contributed by atoms with Crippen molar-refractivity contribution in [2.75, 3.05) is 0 Å². The quantitative estimate of drug-likeness (QED) is 0.748. The molecule has 0 saturated carbocycles. The van der Waals surface area contributed by atoms with E-state index in [1.165, 1.54) is 0 Å². The van der Waals surface area contributed by atoms with Crippen molar-refractivity contribution in [1.29, 1.82) is 0 Å². The summed E-state index contributed by atoms with van der Waals surface area (Å²) < 4.78 is 29.3. The molecular weight excluding hydrogens is 246 g/mol. The lowest BCUT2D eigenvalue weighted by Gasteiger charge is -2.05. The van der Waals surface area contributed by atoms with Crippen molar-refractivity contribution in [3.8, 4) is 0 Å². The highest BCUT2D eigenvalue weighted by Crippen LogP contribution is 2.39. The summed E-state index contributed by atoms with van der Waals surface area (Å²) in [5, 5.41) is 7.42. The average molecular weight is 260 g/mol. The van der Waals surface area contributed by atoms with Crippen molar-refractivity contribution in [3.63, 3.8) is 0 Å². The molecule has 7 nitrogen and oxygen atoms in total. The number of rotatable bonds is 3. The second-order valence-electron chi connectivity index (χ2n) is 3.27. The molecule has 88 valence electrons. The molecule has 0 aliphatic rings. The molecule has 0 bridgehead atoms. The first-order valence-electron chi connectivity index (χ1n) is 3.74. The lowest BCUT2D eigenvalue weighted by molar-refractivity contribution is -0.134. The zero-order valence-electron chi connectivity index (χ0n) is 8.83. The first-order valence-corrected chi connectivity index (χ1v) is 5.97. The van der Waals surface area contributed by atoms with E-state index in [0.29, 0.717) is 0 Å². The van der Waals surface area contributed by atoms with E-state index in [2.05, 4.69) is 4.31 Å². The predicted octanol–water partition coefficient (Wildman–Crippen LogP) is 2.22. The summed E-state index contributed by atoms with van der Waals surface area (Å²) in [6, 6.07) is 0. The van der Waals surface area contributed by atoms with Gasteiger partial charge in [-0.25, -0.2) is 0 Å². The highest BCUT2D eigenvalue weighted by Gasteiger charge is 2.40. The van der Waals surface area contributed by atoms with E-state index in [1.807, 2.05) is 0 Å². The summed E-state index contributed by atoms with van der Waals surface area (Å²) >= 11 is 0. The maximum absolute atomic E-state index is 10.6. The van der Waals surface area contributed by atoms with Gasteiger partial charge in [0.25, 0.3) is 5.97 Å². The summed E-state index contributed by atoms with van der Waals surface area (Å²) in [5.74, 6) is -0.833. The van der Waals surface area contributed by atoms with E-state index < -0.39 is 28.1 Å². The third kappa shape index (κ3) is 24.7. The molecule has 2 N–H and O–H groups in total. The fourth-order valence-electron chi connectivity index (χ4n) is 0.297. The Kier molecular flexibility index (Phi) is 8.81. The molecule has 0 amide bonds. The van der Waals surface area contributed by atoms with Gasteiger partial charge in [-0.2, -0.15) is 0 Å². The number of carboxylic acid groups (broad SMARTS) is 1. The normalized spacial score (nSPS) is 12.3. The van der Waals surface area contributed by atoms with E-state index in [1.54, 1.807) is 20.8 Å². The van der Waals surface area contributed by atoms with Crippen molar-refractivity contribution >= 4 is 22.5 Å². The van der Waals surface area contributed by atoms with Crippen LogP contribution < -0.4 is 0 Å². The van der Waals surface area contributed by atoms with Crippen LogP contribution >= 0.6 is 16.5 Å². The molecule has 0 aromatic heterocycles. The van der Waals surface area contributed by atoms with Gasteiger partial charge in [0.15, 0.2) is 4.31 Å². The van der Waals surface area contributed by atoms with Gasteiger partial charge in [0.05, 0.1) is 0 Å². The third-order valence-corrected chi connectivity index (χ3v) is 2.27. The lowest BCUT2D eigenvalue weighted by atomic mass is 10.2. The van der Waals surface area contributed by atoms with E-state index in [4.69, 9.17) is 19.3 Å². The first kappa shape index (κ1) is 17.0.